The Balaban J connectivity index is 2.13. The monoisotopic (exact) mass is 264 g/mol. The summed E-state index contributed by atoms with van der Waals surface area (Å²) in [6, 6.07) is 16.2. The number of hydrogen-bond donors (Lipinski definition) is 2. The summed E-state index contributed by atoms with van der Waals surface area (Å²) in [6.45, 7) is 3.60. The number of hydrogen-bond acceptors (Lipinski definition) is 1. The molecule has 0 bridgehead atoms. The third-order valence-electron chi connectivity index (χ3n) is 3.30. The molecule has 1 aromatic heterocycles. The molecule has 3 heteroatoms. The molecule has 0 atom stereocenters. The van der Waals surface area contributed by atoms with Crippen LogP contribution in [-0.2, 0) is 4.79 Å². The Morgan fingerprint density at radius 1 is 1.10 bits per heavy atom. The minimum absolute atomic E-state index is 0.0654. The summed E-state index contributed by atoms with van der Waals surface area (Å²) >= 11 is 0. The number of aryl methyl sites for hydroxylation is 1. The molecule has 0 saturated carbocycles. The fourth-order valence-corrected chi connectivity index (χ4v) is 2.41. The van der Waals surface area contributed by atoms with Gasteiger partial charge in [-0.2, -0.15) is 0 Å². The number of benzene rings is 2. The first-order chi connectivity index (χ1) is 9.63. The van der Waals surface area contributed by atoms with Gasteiger partial charge in [-0.15, -0.1) is 0 Å². The molecule has 3 nitrogen and oxygen atoms in total. The van der Waals surface area contributed by atoms with Crippen molar-refractivity contribution in [1.82, 2.24) is 4.98 Å². The maximum Gasteiger partial charge on any atom is 0.221 e. The SMILES string of the molecule is CC(=O)Nc1ccccc1-c1cc2cc(C)ccc2[nH]1. The van der Waals surface area contributed by atoms with E-state index in [1.54, 1.807) is 0 Å². The Labute approximate surface area is 117 Å². The Bertz CT molecular complexity index is 787. The molecule has 0 radical (unpaired) electrons. The molecule has 0 spiro atoms. The van der Waals surface area contributed by atoms with E-state index in [4.69, 9.17) is 0 Å². The van der Waals surface area contributed by atoms with Crippen molar-refractivity contribution in [3.05, 3.63) is 54.1 Å². The molecule has 1 amide bonds. The van der Waals surface area contributed by atoms with Gasteiger partial charge in [-0.05, 0) is 31.2 Å². The average molecular weight is 264 g/mol. The molecule has 0 aliphatic heterocycles. The van der Waals surface area contributed by atoms with Gasteiger partial charge in [0, 0.05) is 29.1 Å². The number of anilines is 1. The van der Waals surface area contributed by atoms with Crippen LogP contribution in [0, 0.1) is 6.92 Å². The van der Waals surface area contributed by atoms with Crippen LogP contribution in [-0.4, -0.2) is 10.9 Å². The van der Waals surface area contributed by atoms with E-state index in [-0.39, 0.29) is 5.91 Å². The van der Waals surface area contributed by atoms with Gasteiger partial charge >= 0.3 is 0 Å². The van der Waals surface area contributed by atoms with Crippen LogP contribution in [0.15, 0.2) is 48.5 Å². The maximum atomic E-state index is 11.3. The second-order valence-corrected chi connectivity index (χ2v) is 5.00. The number of carbonyl (C=O) groups excluding carboxylic acids is 1. The van der Waals surface area contributed by atoms with Crippen molar-refractivity contribution in [3.8, 4) is 11.3 Å². The molecular formula is C17H16N2O. The summed E-state index contributed by atoms with van der Waals surface area (Å²) in [6.07, 6.45) is 0. The lowest BCUT2D eigenvalue weighted by Crippen LogP contribution is -2.06. The summed E-state index contributed by atoms with van der Waals surface area (Å²) in [5, 5.41) is 4.05. The normalized spacial score (nSPS) is 10.7. The predicted molar refractivity (Wildman–Crippen MR) is 82.8 cm³/mol. The van der Waals surface area contributed by atoms with Gasteiger partial charge in [0.05, 0.1) is 5.69 Å². The van der Waals surface area contributed by atoms with Crippen LogP contribution in [0.2, 0.25) is 0 Å². The minimum Gasteiger partial charge on any atom is -0.354 e. The Kier molecular flexibility index (Phi) is 3.03. The number of para-hydroxylation sites is 1. The molecule has 3 rings (SSSR count). The summed E-state index contributed by atoms with van der Waals surface area (Å²) in [5.74, 6) is -0.0654. The van der Waals surface area contributed by atoms with Gasteiger partial charge in [0.1, 0.15) is 0 Å². The van der Waals surface area contributed by atoms with Gasteiger partial charge in [-0.3, -0.25) is 4.79 Å². The first-order valence-corrected chi connectivity index (χ1v) is 6.60. The van der Waals surface area contributed by atoms with Crippen LogP contribution in [0.25, 0.3) is 22.2 Å². The van der Waals surface area contributed by atoms with E-state index in [1.807, 2.05) is 24.3 Å². The summed E-state index contributed by atoms with van der Waals surface area (Å²) in [5.41, 5.74) is 5.16. The molecule has 0 saturated heterocycles. The molecular weight excluding hydrogens is 248 g/mol. The first kappa shape index (κ1) is 12.5. The zero-order valence-corrected chi connectivity index (χ0v) is 11.5. The molecule has 0 unspecified atom stereocenters. The van der Waals surface area contributed by atoms with E-state index in [9.17, 15) is 4.79 Å². The van der Waals surface area contributed by atoms with Gasteiger partial charge in [0.15, 0.2) is 0 Å². The molecule has 20 heavy (non-hydrogen) atoms. The van der Waals surface area contributed by atoms with Crippen LogP contribution < -0.4 is 5.32 Å². The summed E-state index contributed by atoms with van der Waals surface area (Å²) in [4.78, 5) is 14.7. The van der Waals surface area contributed by atoms with Crippen molar-refractivity contribution in [2.45, 2.75) is 13.8 Å². The van der Waals surface area contributed by atoms with E-state index in [0.29, 0.717) is 0 Å². The molecule has 1 heterocycles. The van der Waals surface area contributed by atoms with E-state index in [1.165, 1.54) is 17.9 Å². The lowest BCUT2D eigenvalue weighted by atomic mass is 10.1. The number of aromatic amines is 1. The lowest BCUT2D eigenvalue weighted by Gasteiger charge is -2.07. The molecule has 0 aliphatic carbocycles. The van der Waals surface area contributed by atoms with Crippen molar-refractivity contribution in [1.29, 1.82) is 0 Å². The highest BCUT2D eigenvalue weighted by Crippen LogP contribution is 2.30. The van der Waals surface area contributed by atoms with Crippen molar-refractivity contribution in [2.75, 3.05) is 5.32 Å². The van der Waals surface area contributed by atoms with Crippen molar-refractivity contribution in [2.24, 2.45) is 0 Å². The third kappa shape index (κ3) is 2.30. The number of carbonyl (C=O) groups is 1. The zero-order valence-electron chi connectivity index (χ0n) is 11.5. The molecule has 0 aliphatic rings. The van der Waals surface area contributed by atoms with Crippen LogP contribution in [0.3, 0.4) is 0 Å². The Hall–Kier alpha value is -2.55. The number of fused-ring (bicyclic) bond motifs is 1. The highest BCUT2D eigenvalue weighted by Gasteiger charge is 2.08. The molecule has 2 aromatic carbocycles. The zero-order chi connectivity index (χ0) is 14.1. The van der Waals surface area contributed by atoms with Gasteiger partial charge in [0.2, 0.25) is 5.91 Å². The number of rotatable bonds is 2. The Morgan fingerprint density at radius 2 is 1.90 bits per heavy atom. The van der Waals surface area contributed by atoms with E-state index in [0.717, 1.165) is 22.5 Å². The van der Waals surface area contributed by atoms with E-state index >= 15 is 0 Å². The van der Waals surface area contributed by atoms with Gasteiger partial charge in [-0.25, -0.2) is 0 Å². The van der Waals surface area contributed by atoms with Crippen molar-refractivity contribution in [3.63, 3.8) is 0 Å². The number of H-pyrrole nitrogens is 1. The topological polar surface area (TPSA) is 44.9 Å². The second kappa shape index (κ2) is 4.85. The smallest absolute Gasteiger partial charge is 0.221 e. The maximum absolute atomic E-state index is 11.3. The van der Waals surface area contributed by atoms with E-state index in [2.05, 4.69) is 41.5 Å². The van der Waals surface area contributed by atoms with Gasteiger partial charge < -0.3 is 10.3 Å². The number of nitrogens with one attached hydrogen (secondary N) is 2. The largest absolute Gasteiger partial charge is 0.354 e. The number of aromatic nitrogens is 1. The fraction of sp³-hybridized carbons (Fsp3) is 0.118. The summed E-state index contributed by atoms with van der Waals surface area (Å²) in [7, 11) is 0. The van der Waals surface area contributed by atoms with Crippen LogP contribution in [0.1, 0.15) is 12.5 Å². The molecule has 2 N–H and O–H groups in total. The first-order valence-electron chi connectivity index (χ1n) is 6.60. The molecule has 100 valence electrons. The van der Waals surface area contributed by atoms with Crippen molar-refractivity contribution >= 4 is 22.5 Å². The number of amides is 1. The van der Waals surface area contributed by atoms with Crippen LogP contribution in [0.5, 0.6) is 0 Å². The van der Waals surface area contributed by atoms with Crippen molar-refractivity contribution < 1.29 is 4.79 Å². The highest BCUT2D eigenvalue weighted by molar-refractivity contribution is 5.95. The van der Waals surface area contributed by atoms with Gasteiger partial charge in [-0.1, -0.05) is 29.8 Å². The average Bonchev–Trinajstić information content (AvgIpc) is 2.81. The van der Waals surface area contributed by atoms with Crippen LogP contribution >= 0.6 is 0 Å². The fourth-order valence-electron chi connectivity index (χ4n) is 2.41. The second-order valence-electron chi connectivity index (χ2n) is 5.00. The standard InChI is InChI=1S/C17H16N2O/c1-11-7-8-15-13(9-11)10-17(19-15)14-5-3-4-6-16(14)18-12(2)20/h3-10,19H,1-2H3,(H,18,20). The molecule has 3 aromatic rings. The van der Waals surface area contributed by atoms with Crippen LogP contribution in [0.4, 0.5) is 5.69 Å². The predicted octanol–water partition coefficient (Wildman–Crippen LogP) is 4.10. The minimum atomic E-state index is -0.0654. The van der Waals surface area contributed by atoms with E-state index < -0.39 is 0 Å². The Morgan fingerprint density at radius 3 is 2.70 bits per heavy atom. The summed E-state index contributed by atoms with van der Waals surface area (Å²) < 4.78 is 0. The quantitative estimate of drug-likeness (QED) is 0.719. The molecule has 0 fully saturated rings. The highest BCUT2D eigenvalue weighted by atomic mass is 16.1. The third-order valence-corrected chi connectivity index (χ3v) is 3.30. The lowest BCUT2D eigenvalue weighted by molar-refractivity contribution is -0.114. The van der Waals surface area contributed by atoms with Gasteiger partial charge in [0.25, 0.3) is 0 Å².